The van der Waals surface area contributed by atoms with E-state index in [4.69, 9.17) is 4.74 Å². The highest BCUT2D eigenvalue weighted by molar-refractivity contribution is 7.12. The number of benzene rings is 2. The first-order valence-corrected chi connectivity index (χ1v) is 11.3. The molecule has 0 saturated carbocycles. The zero-order valence-electron chi connectivity index (χ0n) is 17.3. The molecule has 1 unspecified atom stereocenters. The molecule has 1 aliphatic carbocycles. The SMILES string of the molecule is O=C(NC(CCCC(=O)c1cccs1)C(=O)O)OCC1c2ccccc2-c2ccccc21. The van der Waals surface area contributed by atoms with E-state index in [0.29, 0.717) is 11.3 Å². The van der Waals surface area contributed by atoms with Gasteiger partial charge in [-0.3, -0.25) is 4.79 Å². The normalized spacial score (nSPS) is 13.1. The minimum Gasteiger partial charge on any atom is -0.480 e. The van der Waals surface area contributed by atoms with Crippen LogP contribution in [-0.4, -0.2) is 35.6 Å². The molecule has 1 amide bonds. The number of thiophene rings is 1. The molecule has 0 spiro atoms. The summed E-state index contributed by atoms with van der Waals surface area (Å²) in [4.78, 5) is 36.7. The molecular weight excluding hydrogens is 426 g/mol. The number of carbonyl (C=O) groups is 3. The lowest BCUT2D eigenvalue weighted by atomic mass is 9.98. The van der Waals surface area contributed by atoms with Gasteiger partial charge in [0.05, 0.1) is 4.88 Å². The molecule has 0 radical (unpaired) electrons. The summed E-state index contributed by atoms with van der Waals surface area (Å²) in [5.41, 5.74) is 4.42. The number of carboxylic acids is 1. The van der Waals surface area contributed by atoms with E-state index in [2.05, 4.69) is 5.32 Å². The quantitative estimate of drug-likeness (QED) is 0.444. The van der Waals surface area contributed by atoms with E-state index in [1.807, 2.05) is 53.9 Å². The van der Waals surface area contributed by atoms with Gasteiger partial charge in [0.1, 0.15) is 12.6 Å². The predicted octanol–water partition coefficient (Wildman–Crippen LogP) is 5.09. The lowest BCUT2D eigenvalue weighted by Gasteiger charge is -2.17. The van der Waals surface area contributed by atoms with Crippen LogP contribution in [0.3, 0.4) is 0 Å². The van der Waals surface area contributed by atoms with Crippen LogP contribution in [0, 0.1) is 0 Å². The number of Topliss-reactive ketones (excluding diaryl/α,β-unsaturated/α-hetero) is 1. The number of carbonyl (C=O) groups excluding carboxylic acids is 2. The van der Waals surface area contributed by atoms with Crippen molar-refractivity contribution in [2.24, 2.45) is 0 Å². The monoisotopic (exact) mass is 449 g/mol. The average Bonchev–Trinajstić information content (AvgIpc) is 3.44. The standard InChI is InChI=1S/C25H23NO5S/c27-22(23-13-6-14-32-23)12-5-11-21(24(28)29)26-25(30)31-15-20-18-9-3-1-7-16(18)17-8-2-4-10-19(17)20/h1-4,6-10,13-14,20-21H,5,11-12,15H2,(H,26,30)(H,28,29). The van der Waals surface area contributed by atoms with Crippen LogP contribution >= 0.6 is 11.3 Å². The molecule has 3 aromatic rings. The molecular formula is C25H23NO5S. The summed E-state index contributed by atoms with van der Waals surface area (Å²) in [6, 6.07) is 18.4. The van der Waals surface area contributed by atoms with Crippen LogP contribution < -0.4 is 5.32 Å². The van der Waals surface area contributed by atoms with Crippen molar-refractivity contribution in [3.63, 3.8) is 0 Å². The highest BCUT2D eigenvalue weighted by Crippen LogP contribution is 2.44. The number of ketones is 1. The fraction of sp³-hybridized carbons (Fsp3) is 0.240. The van der Waals surface area contributed by atoms with Gasteiger partial charge in [-0.15, -0.1) is 11.3 Å². The number of ether oxygens (including phenoxy) is 1. The first kappa shape index (κ1) is 21.8. The Bertz CT molecular complexity index is 1080. The molecule has 164 valence electrons. The molecule has 0 fully saturated rings. The van der Waals surface area contributed by atoms with E-state index in [9.17, 15) is 19.5 Å². The van der Waals surface area contributed by atoms with Crippen LogP contribution in [-0.2, 0) is 9.53 Å². The van der Waals surface area contributed by atoms with Crippen LogP contribution in [0.25, 0.3) is 11.1 Å². The lowest BCUT2D eigenvalue weighted by Crippen LogP contribution is -2.41. The number of nitrogens with one attached hydrogen (secondary N) is 1. The Labute approximate surface area is 189 Å². The maximum atomic E-state index is 12.4. The van der Waals surface area contributed by atoms with E-state index in [1.165, 1.54) is 11.3 Å². The third kappa shape index (κ3) is 4.73. The lowest BCUT2D eigenvalue weighted by molar-refractivity contribution is -0.139. The van der Waals surface area contributed by atoms with Gasteiger partial charge in [-0.05, 0) is 46.5 Å². The van der Waals surface area contributed by atoms with Crippen LogP contribution in [0.5, 0.6) is 0 Å². The summed E-state index contributed by atoms with van der Waals surface area (Å²) in [7, 11) is 0. The minimum atomic E-state index is -1.15. The van der Waals surface area contributed by atoms with Crippen molar-refractivity contribution in [1.29, 1.82) is 0 Å². The molecule has 4 rings (SSSR count). The maximum Gasteiger partial charge on any atom is 0.407 e. The largest absolute Gasteiger partial charge is 0.480 e. The second kappa shape index (κ2) is 9.78. The zero-order valence-corrected chi connectivity index (χ0v) is 18.1. The predicted molar refractivity (Wildman–Crippen MR) is 122 cm³/mol. The molecule has 6 nitrogen and oxygen atoms in total. The molecule has 0 bridgehead atoms. The number of hydrogen-bond donors (Lipinski definition) is 2. The Hall–Kier alpha value is -3.45. The van der Waals surface area contributed by atoms with Crippen LogP contribution in [0.4, 0.5) is 4.79 Å². The van der Waals surface area contributed by atoms with Gasteiger partial charge in [0, 0.05) is 12.3 Å². The molecule has 0 saturated heterocycles. The topological polar surface area (TPSA) is 92.7 Å². The fourth-order valence-corrected chi connectivity index (χ4v) is 4.76. The van der Waals surface area contributed by atoms with Crippen molar-refractivity contribution < 1.29 is 24.2 Å². The Morgan fingerprint density at radius 1 is 0.969 bits per heavy atom. The summed E-state index contributed by atoms with van der Waals surface area (Å²) >= 11 is 1.36. The number of rotatable bonds is 9. The Kier molecular flexibility index (Phi) is 6.66. The third-order valence-electron chi connectivity index (χ3n) is 5.63. The second-order valence-corrected chi connectivity index (χ2v) is 8.60. The third-order valence-corrected chi connectivity index (χ3v) is 6.54. The van der Waals surface area contributed by atoms with Crippen LogP contribution in [0.15, 0.2) is 66.0 Å². The summed E-state index contributed by atoms with van der Waals surface area (Å²) < 4.78 is 5.43. The van der Waals surface area contributed by atoms with Gasteiger partial charge >= 0.3 is 12.1 Å². The molecule has 1 atom stereocenters. The summed E-state index contributed by atoms with van der Waals surface area (Å²) in [6.07, 6.45) is -0.0335. The number of hydrogen-bond acceptors (Lipinski definition) is 5. The number of fused-ring (bicyclic) bond motifs is 3. The minimum absolute atomic E-state index is 0.0229. The molecule has 1 aromatic heterocycles. The van der Waals surface area contributed by atoms with E-state index in [1.54, 1.807) is 12.1 Å². The number of alkyl carbamates (subject to hydrolysis) is 1. The highest BCUT2D eigenvalue weighted by atomic mass is 32.1. The number of carboxylic acid groups (broad SMARTS) is 1. The van der Waals surface area contributed by atoms with Crippen molar-refractivity contribution >= 4 is 29.2 Å². The first-order valence-electron chi connectivity index (χ1n) is 10.5. The highest BCUT2D eigenvalue weighted by Gasteiger charge is 2.29. The molecule has 32 heavy (non-hydrogen) atoms. The van der Waals surface area contributed by atoms with Gasteiger partial charge < -0.3 is 15.2 Å². The van der Waals surface area contributed by atoms with Crippen molar-refractivity contribution in [2.45, 2.75) is 31.2 Å². The summed E-state index contributed by atoms with van der Waals surface area (Å²) in [5.74, 6) is -1.27. The van der Waals surface area contributed by atoms with Crippen molar-refractivity contribution in [2.75, 3.05) is 6.61 Å². The van der Waals surface area contributed by atoms with E-state index in [0.717, 1.165) is 22.3 Å². The van der Waals surface area contributed by atoms with Gasteiger partial charge in [-0.25, -0.2) is 9.59 Å². The summed E-state index contributed by atoms with van der Waals surface area (Å²) in [6.45, 7) is 0.114. The Morgan fingerprint density at radius 3 is 2.22 bits per heavy atom. The zero-order chi connectivity index (χ0) is 22.5. The van der Waals surface area contributed by atoms with Crippen molar-refractivity contribution in [3.05, 3.63) is 82.0 Å². The first-order chi connectivity index (χ1) is 15.5. The number of amides is 1. The molecule has 2 N–H and O–H groups in total. The fourth-order valence-electron chi connectivity index (χ4n) is 4.07. The van der Waals surface area contributed by atoms with Gasteiger partial charge in [0.25, 0.3) is 0 Å². The molecule has 1 aliphatic rings. The van der Waals surface area contributed by atoms with Gasteiger partial charge in [-0.2, -0.15) is 0 Å². The van der Waals surface area contributed by atoms with Crippen LogP contribution in [0.2, 0.25) is 0 Å². The molecule has 7 heteroatoms. The maximum absolute atomic E-state index is 12.4. The summed E-state index contributed by atoms with van der Waals surface area (Å²) in [5, 5.41) is 13.7. The van der Waals surface area contributed by atoms with Crippen molar-refractivity contribution in [3.8, 4) is 11.1 Å². The van der Waals surface area contributed by atoms with E-state index < -0.39 is 18.1 Å². The molecule has 2 aromatic carbocycles. The van der Waals surface area contributed by atoms with Gasteiger partial charge in [0.2, 0.25) is 0 Å². The van der Waals surface area contributed by atoms with Gasteiger partial charge in [0.15, 0.2) is 5.78 Å². The van der Waals surface area contributed by atoms with Gasteiger partial charge in [-0.1, -0.05) is 54.6 Å². The smallest absolute Gasteiger partial charge is 0.407 e. The van der Waals surface area contributed by atoms with Crippen LogP contribution in [0.1, 0.15) is 46.0 Å². The van der Waals surface area contributed by atoms with E-state index in [-0.39, 0.29) is 31.1 Å². The Balaban J connectivity index is 1.32. The average molecular weight is 450 g/mol. The molecule has 0 aliphatic heterocycles. The second-order valence-electron chi connectivity index (χ2n) is 7.65. The Morgan fingerprint density at radius 2 is 1.62 bits per heavy atom. The van der Waals surface area contributed by atoms with Crippen molar-refractivity contribution in [1.82, 2.24) is 5.32 Å². The van der Waals surface area contributed by atoms with E-state index >= 15 is 0 Å². The number of aliphatic carboxylic acids is 1. The molecule has 1 heterocycles.